The zero-order valence-electron chi connectivity index (χ0n) is 9.90. The lowest BCUT2D eigenvalue weighted by atomic mass is 10.2. The summed E-state index contributed by atoms with van der Waals surface area (Å²) in [6, 6.07) is 1.44. The molecule has 2 heterocycles. The summed E-state index contributed by atoms with van der Waals surface area (Å²) in [6.45, 7) is 3.77. The van der Waals surface area contributed by atoms with E-state index in [0.29, 0.717) is 19.7 Å². The van der Waals surface area contributed by atoms with Crippen LogP contribution in [0.4, 0.5) is 0 Å². The van der Waals surface area contributed by atoms with Crippen molar-refractivity contribution >= 4 is 29.1 Å². The van der Waals surface area contributed by atoms with Crippen molar-refractivity contribution in [2.75, 3.05) is 19.7 Å². The highest BCUT2D eigenvalue weighted by Crippen LogP contribution is 2.19. The number of hydrogen-bond donors (Lipinski definition) is 0. The third-order valence-corrected chi connectivity index (χ3v) is 3.15. The minimum absolute atomic E-state index is 0.0143. The fourth-order valence-electron chi connectivity index (χ4n) is 1.85. The molecule has 1 atom stereocenters. The van der Waals surface area contributed by atoms with Crippen molar-refractivity contribution in [2.24, 2.45) is 0 Å². The van der Waals surface area contributed by atoms with E-state index in [4.69, 9.17) is 27.9 Å². The summed E-state index contributed by atoms with van der Waals surface area (Å²) >= 11 is 11.6. The molecule has 0 spiro atoms. The van der Waals surface area contributed by atoms with Gasteiger partial charge in [-0.3, -0.25) is 4.79 Å². The van der Waals surface area contributed by atoms with Crippen LogP contribution in [0.25, 0.3) is 0 Å². The zero-order valence-corrected chi connectivity index (χ0v) is 11.4. The third kappa shape index (κ3) is 3.10. The van der Waals surface area contributed by atoms with Crippen LogP contribution in [0.3, 0.4) is 0 Å². The molecule has 0 bridgehead atoms. The summed E-state index contributed by atoms with van der Waals surface area (Å²) in [4.78, 5) is 14.0. The molecule has 0 radical (unpaired) electrons. The van der Waals surface area contributed by atoms with Crippen molar-refractivity contribution in [2.45, 2.75) is 19.4 Å². The van der Waals surface area contributed by atoms with Gasteiger partial charge in [0.1, 0.15) is 0 Å². The first-order valence-corrected chi connectivity index (χ1v) is 6.43. The van der Waals surface area contributed by atoms with Crippen LogP contribution < -0.4 is 0 Å². The average molecular weight is 290 g/mol. The predicted molar refractivity (Wildman–Crippen MR) is 68.0 cm³/mol. The Kier molecular flexibility index (Phi) is 4.37. The molecule has 1 saturated heterocycles. The van der Waals surface area contributed by atoms with E-state index in [1.807, 2.05) is 6.92 Å². The Morgan fingerprint density at radius 3 is 3.06 bits per heavy atom. The van der Waals surface area contributed by atoms with Crippen LogP contribution in [0.15, 0.2) is 6.07 Å². The average Bonchev–Trinajstić information content (AvgIpc) is 2.56. The monoisotopic (exact) mass is 289 g/mol. The number of carbonyl (C=O) groups is 1. The number of carbonyl (C=O) groups excluding carboxylic acids is 1. The lowest BCUT2D eigenvalue weighted by molar-refractivity contribution is 0.0562. The van der Waals surface area contributed by atoms with Crippen molar-refractivity contribution in [3.63, 3.8) is 0 Å². The summed E-state index contributed by atoms with van der Waals surface area (Å²) in [5, 5.41) is 7.46. The number of ether oxygens (including phenoxy) is 1. The second-order valence-corrected chi connectivity index (χ2v) is 4.90. The molecule has 5 nitrogen and oxygen atoms in total. The van der Waals surface area contributed by atoms with Gasteiger partial charge in [-0.05, 0) is 19.4 Å². The lowest BCUT2D eigenvalue weighted by Crippen LogP contribution is -2.36. The van der Waals surface area contributed by atoms with Gasteiger partial charge in [0.05, 0.1) is 11.7 Å². The molecule has 1 aliphatic rings. The highest BCUT2D eigenvalue weighted by molar-refractivity contribution is 6.34. The van der Waals surface area contributed by atoms with Crippen molar-refractivity contribution in [1.82, 2.24) is 15.1 Å². The standard InChI is InChI=1S/C11H13Cl2N3O2/c1-7-6-16(3-2-4-18-7)11(17)8-5-9(12)14-15-10(8)13/h5,7H,2-4,6H2,1H3. The Morgan fingerprint density at radius 1 is 1.50 bits per heavy atom. The fourth-order valence-corrected chi connectivity index (χ4v) is 2.17. The molecule has 2 rings (SSSR count). The van der Waals surface area contributed by atoms with E-state index in [-0.39, 0.29) is 27.9 Å². The van der Waals surface area contributed by atoms with Gasteiger partial charge in [0.25, 0.3) is 5.91 Å². The van der Waals surface area contributed by atoms with E-state index in [1.165, 1.54) is 6.07 Å². The third-order valence-electron chi connectivity index (χ3n) is 2.69. The van der Waals surface area contributed by atoms with Gasteiger partial charge in [-0.1, -0.05) is 23.2 Å². The molecule has 1 fully saturated rings. The van der Waals surface area contributed by atoms with Gasteiger partial charge in [-0.25, -0.2) is 0 Å². The van der Waals surface area contributed by atoms with E-state index in [0.717, 1.165) is 6.42 Å². The summed E-state index contributed by atoms with van der Waals surface area (Å²) < 4.78 is 5.49. The van der Waals surface area contributed by atoms with Gasteiger partial charge in [0.2, 0.25) is 0 Å². The zero-order chi connectivity index (χ0) is 13.1. The Bertz CT molecular complexity index is 456. The van der Waals surface area contributed by atoms with E-state index in [2.05, 4.69) is 10.2 Å². The van der Waals surface area contributed by atoms with Crippen molar-refractivity contribution in [3.05, 3.63) is 21.9 Å². The molecule has 0 N–H and O–H groups in total. The second kappa shape index (κ2) is 5.82. The summed E-state index contributed by atoms with van der Waals surface area (Å²) in [5.74, 6) is -0.186. The van der Waals surface area contributed by atoms with Gasteiger partial charge in [-0.2, -0.15) is 0 Å². The van der Waals surface area contributed by atoms with Crippen LogP contribution in [-0.4, -0.2) is 46.8 Å². The first-order chi connectivity index (χ1) is 8.58. The lowest BCUT2D eigenvalue weighted by Gasteiger charge is -2.22. The van der Waals surface area contributed by atoms with Gasteiger partial charge >= 0.3 is 0 Å². The molecule has 1 amide bonds. The summed E-state index contributed by atoms with van der Waals surface area (Å²) in [7, 11) is 0. The van der Waals surface area contributed by atoms with Crippen LogP contribution >= 0.6 is 23.2 Å². The molecular weight excluding hydrogens is 277 g/mol. The van der Waals surface area contributed by atoms with E-state index >= 15 is 0 Å². The second-order valence-electron chi connectivity index (χ2n) is 4.16. The van der Waals surface area contributed by atoms with Gasteiger partial charge < -0.3 is 9.64 Å². The first-order valence-electron chi connectivity index (χ1n) is 5.67. The quantitative estimate of drug-likeness (QED) is 0.794. The number of aromatic nitrogens is 2. The molecule has 1 aromatic heterocycles. The Balaban J connectivity index is 2.21. The topological polar surface area (TPSA) is 55.3 Å². The Hall–Kier alpha value is -0.910. The highest BCUT2D eigenvalue weighted by atomic mass is 35.5. The molecule has 0 aromatic carbocycles. The molecule has 98 valence electrons. The van der Waals surface area contributed by atoms with Crippen molar-refractivity contribution < 1.29 is 9.53 Å². The normalized spacial score (nSPS) is 20.6. The molecular formula is C11H13Cl2N3O2. The van der Waals surface area contributed by atoms with Gasteiger partial charge in [0.15, 0.2) is 10.3 Å². The van der Waals surface area contributed by atoms with E-state index < -0.39 is 0 Å². The Labute approximate surface area is 115 Å². The summed E-state index contributed by atoms with van der Waals surface area (Å²) in [6.07, 6.45) is 0.820. The number of hydrogen-bond acceptors (Lipinski definition) is 4. The van der Waals surface area contributed by atoms with Gasteiger partial charge in [-0.15, -0.1) is 10.2 Å². The molecule has 1 unspecified atom stereocenters. The van der Waals surface area contributed by atoms with Crippen LogP contribution in [0.2, 0.25) is 10.3 Å². The van der Waals surface area contributed by atoms with Crippen LogP contribution in [-0.2, 0) is 4.74 Å². The maximum Gasteiger partial charge on any atom is 0.257 e. The Morgan fingerprint density at radius 2 is 2.28 bits per heavy atom. The van der Waals surface area contributed by atoms with Crippen molar-refractivity contribution in [3.8, 4) is 0 Å². The first kappa shape index (κ1) is 13.5. The minimum Gasteiger partial charge on any atom is -0.377 e. The molecule has 1 aromatic rings. The molecule has 1 aliphatic heterocycles. The fraction of sp³-hybridized carbons (Fsp3) is 0.545. The molecule has 0 aliphatic carbocycles. The maximum absolute atomic E-state index is 12.3. The number of amides is 1. The summed E-state index contributed by atoms with van der Waals surface area (Å²) in [5.41, 5.74) is 0.283. The maximum atomic E-state index is 12.3. The largest absolute Gasteiger partial charge is 0.377 e. The van der Waals surface area contributed by atoms with E-state index in [9.17, 15) is 4.79 Å². The number of nitrogens with zero attached hydrogens (tertiary/aromatic N) is 3. The smallest absolute Gasteiger partial charge is 0.257 e. The predicted octanol–water partition coefficient (Wildman–Crippen LogP) is 2.03. The molecule has 18 heavy (non-hydrogen) atoms. The van der Waals surface area contributed by atoms with Gasteiger partial charge in [0, 0.05) is 19.7 Å². The SMILES string of the molecule is CC1CN(C(=O)c2cc(Cl)nnc2Cl)CCCO1. The molecule has 0 saturated carbocycles. The molecule has 7 heteroatoms. The van der Waals surface area contributed by atoms with Crippen LogP contribution in [0.1, 0.15) is 23.7 Å². The highest BCUT2D eigenvalue weighted by Gasteiger charge is 2.23. The van der Waals surface area contributed by atoms with E-state index in [1.54, 1.807) is 4.90 Å². The number of rotatable bonds is 1. The number of halogens is 2. The van der Waals surface area contributed by atoms with Crippen molar-refractivity contribution in [1.29, 1.82) is 0 Å². The minimum atomic E-state index is -0.186. The van der Waals surface area contributed by atoms with Crippen LogP contribution in [0.5, 0.6) is 0 Å². The van der Waals surface area contributed by atoms with Crippen LogP contribution in [0, 0.1) is 0 Å².